The van der Waals surface area contributed by atoms with Gasteiger partial charge >= 0.3 is 0 Å². The summed E-state index contributed by atoms with van der Waals surface area (Å²) in [5.74, 6) is 0. The van der Waals surface area contributed by atoms with Crippen LogP contribution >= 0.6 is 11.3 Å². The number of benzene rings is 1. The van der Waals surface area contributed by atoms with E-state index in [1.165, 1.54) is 11.3 Å². The van der Waals surface area contributed by atoms with Gasteiger partial charge in [-0.05, 0) is 30.4 Å². The maximum atomic E-state index is 10.6. The molecule has 0 saturated carbocycles. The van der Waals surface area contributed by atoms with Crippen LogP contribution in [0.4, 0.5) is 0 Å². The molecule has 2 N–H and O–H groups in total. The van der Waals surface area contributed by atoms with Gasteiger partial charge in [-0.3, -0.25) is 0 Å². The molecule has 2 unspecified atom stereocenters. The highest BCUT2D eigenvalue weighted by Gasteiger charge is 2.26. The van der Waals surface area contributed by atoms with E-state index in [1.807, 2.05) is 47.8 Å². The number of rotatable bonds is 10. The predicted octanol–water partition coefficient (Wildman–Crippen LogP) is 2.76. The SMILES string of the molecule is CC(O)(Cc1cn(CC(O)CCOCc2ccccc2)nn1)c1cccs1. The van der Waals surface area contributed by atoms with Crippen molar-refractivity contribution in [2.45, 2.75) is 44.6 Å². The number of hydrogen-bond acceptors (Lipinski definition) is 6. The standard InChI is InChI=1S/C20H25N3O3S/c1-20(25,19-8-5-11-27-19)12-17-13-23(22-21-17)14-18(24)9-10-26-15-16-6-3-2-4-7-16/h2-8,11,13,18,24-25H,9-10,12,14-15H2,1H3. The van der Waals surface area contributed by atoms with E-state index in [0.717, 1.165) is 10.4 Å². The van der Waals surface area contributed by atoms with E-state index in [1.54, 1.807) is 17.8 Å². The first-order valence-corrected chi connectivity index (χ1v) is 9.86. The molecule has 0 saturated heterocycles. The summed E-state index contributed by atoms with van der Waals surface area (Å²) in [6.45, 7) is 3.14. The van der Waals surface area contributed by atoms with Crippen LogP contribution in [0, 0.1) is 0 Å². The van der Waals surface area contributed by atoms with Crippen molar-refractivity contribution < 1.29 is 14.9 Å². The lowest BCUT2D eigenvalue weighted by Crippen LogP contribution is -2.23. The van der Waals surface area contributed by atoms with Crippen LogP contribution in [0.25, 0.3) is 0 Å². The molecule has 0 bridgehead atoms. The van der Waals surface area contributed by atoms with E-state index >= 15 is 0 Å². The molecule has 2 heterocycles. The number of thiophene rings is 1. The fourth-order valence-corrected chi connectivity index (χ4v) is 3.61. The van der Waals surface area contributed by atoms with E-state index in [4.69, 9.17) is 4.74 Å². The lowest BCUT2D eigenvalue weighted by molar-refractivity contribution is 0.0604. The first kappa shape index (κ1) is 19.7. The smallest absolute Gasteiger partial charge is 0.102 e. The van der Waals surface area contributed by atoms with Crippen LogP contribution in [-0.4, -0.2) is 37.9 Å². The van der Waals surface area contributed by atoms with Gasteiger partial charge in [0.15, 0.2) is 0 Å². The molecule has 1 aromatic carbocycles. The maximum absolute atomic E-state index is 10.6. The molecular formula is C20H25N3O3S. The molecule has 0 amide bonds. The Morgan fingerprint density at radius 3 is 2.78 bits per heavy atom. The minimum Gasteiger partial charge on any atom is -0.391 e. The average Bonchev–Trinajstić information content (AvgIpc) is 3.32. The lowest BCUT2D eigenvalue weighted by atomic mass is 9.99. The Hall–Kier alpha value is -2.06. The molecule has 0 fully saturated rings. The van der Waals surface area contributed by atoms with Gasteiger partial charge in [0.05, 0.1) is 24.9 Å². The molecule has 0 aliphatic carbocycles. The summed E-state index contributed by atoms with van der Waals surface area (Å²) in [6, 6.07) is 13.8. The Bertz CT molecular complexity index is 803. The van der Waals surface area contributed by atoms with Crippen LogP contribution < -0.4 is 0 Å². The molecule has 3 aromatic rings. The third-order valence-corrected chi connectivity index (χ3v) is 5.39. The Morgan fingerprint density at radius 2 is 2.04 bits per heavy atom. The number of aliphatic hydroxyl groups excluding tert-OH is 1. The fraction of sp³-hybridized carbons (Fsp3) is 0.400. The predicted molar refractivity (Wildman–Crippen MR) is 104 cm³/mol. The third kappa shape index (κ3) is 5.97. The van der Waals surface area contributed by atoms with Gasteiger partial charge < -0.3 is 14.9 Å². The summed E-state index contributed by atoms with van der Waals surface area (Å²) in [6.07, 6.45) is 2.11. The summed E-state index contributed by atoms with van der Waals surface area (Å²) in [4.78, 5) is 0.896. The van der Waals surface area contributed by atoms with Gasteiger partial charge in [0.1, 0.15) is 5.60 Å². The van der Waals surface area contributed by atoms with Gasteiger partial charge in [-0.25, -0.2) is 4.68 Å². The lowest BCUT2D eigenvalue weighted by Gasteiger charge is -2.20. The van der Waals surface area contributed by atoms with Crippen LogP contribution in [-0.2, 0) is 29.9 Å². The van der Waals surface area contributed by atoms with Crippen LogP contribution in [0.15, 0.2) is 54.0 Å². The summed E-state index contributed by atoms with van der Waals surface area (Å²) >= 11 is 1.52. The molecule has 0 spiro atoms. The zero-order valence-electron chi connectivity index (χ0n) is 15.4. The molecule has 7 heteroatoms. The highest BCUT2D eigenvalue weighted by Crippen LogP contribution is 2.28. The van der Waals surface area contributed by atoms with Crippen molar-refractivity contribution in [2.75, 3.05) is 6.61 Å². The third-order valence-electron chi connectivity index (χ3n) is 4.27. The topological polar surface area (TPSA) is 80.4 Å². The van der Waals surface area contributed by atoms with Crippen molar-refractivity contribution in [3.05, 3.63) is 70.2 Å². The Labute approximate surface area is 163 Å². The van der Waals surface area contributed by atoms with Gasteiger partial charge in [-0.1, -0.05) is 41.6 Å². The van der Waals surface area contributed by atoms with E-state index < -0.39 is 11.7 Å². The molecule has 27 heavy (non-hydrogen) atoms. The van der Waals surface area contributed by atoms with Crippen molar-refractivity contribution in [3.8, 4) is 0 Å². The normalized spacial score (nSPS) is 14.8. The first-order chi connectivity index (χ1) is 13.0. The Balaban J connectivity index is 1.42. The van der Waals surface area contributed by atoms with E-state index in [-0.39, 0.29) is 0 Å². The van der Waals surface area contributed by atoms with Gasteiger partial charge in [-0.2, -0.15) is 0 Å². The van der Waals surface area contributed by atoms with Gasteiger partial charge in [0.2, 0.25) is 0 Å². The summed E-state index contributed by atoms with van der Waals surface area (Å²) in [7, 11) is 0. The van der Waals surface area contributed by atoms with Crippen LogP contribution in [0.1, 0.15) is 29.5 Å². The molecule has 0 aliphatic rings. The zero-order valence-corrected chi connectivity index (χ0v) is 16.2. The molecule has 6 nitrogen and oxygen atoms in total. The molecule has 2 aromatic heterocycles. The van der Waals surface area contributed by atoms with Crippen molar-refractivity contribution in [3.63, 3.8) is 0 Å². The Morgan fingerprint density at radius 1 is 1.22 bits per heavy atom. The van der Waals surface area contributed by atoms with Gasteiger partial charge in [0, 0.05) is 24.1 Å². The van der Waals surface area contributed by atoms with Crippen molar-refractivity contribution in [1.82, 2.24) is 15.0 Å². The minimum atomic E-state index is -0.973. The van der Waals surface area contributed by atoms with Crippen molar-refractivity contribution in [2.24, 2.45) is 0 Å². The molecule has 0 aliphatic heterocycles. The molecular weight excluding hydrogens is 362 g/mol. The zero-order chi connectivity index (χ0) is 19.1. The molecule has 144 valence electrons. The highest BCUT2D eigenvalue weighted by molar-refractivity contribution is 7.10. The second-order valence-electron chi connectivity index (χ2n) is 6.84. The van der Waals surface area contributed by atoms with Gasteiger partial charge in [0.25, 0.3) is 0 Å². The average molecular weight is 388 g/mol. The summed E-state index contributed by atoms with van der Waals surface area (Å²) < 4.78 is 7.22. The largest absolute Gasteiger partial charge is 0.391 e. The van der Waals surface area contributed by atoms with Crippen LogP contribution in [0.2, 0.25) is 0 Å². The maximum Gasteiger partial charge on any atom is 0.102 e. The second kappa shape index (κ2) is 9.23. The number of aromatic nitrogens is 3. The molecule has 0 radical (unpaired) electrons. The highest BCUT2D eigenvalue weighted by atomic mass is 32.1. The number of ether oxygens (including phenoxy) is 1. The van der Waals surface area contributed by atoms with E-state index in [2.05, 4.69) is 10.3 Å². The van der Waals surface area contributed by atoms with Crippen molar-refractivity contribution >= 4 is 11.3 Å². The summed E-state index contributed by atoms with van der Waals surface area (Å²) in [5, 5.41) is 30.9. The minimum absolute atomic E-state index is 0.350. The monoisotopic (exact) mass is 387 g/mol. The van der Waals surface area contributed by atoms with Gasteiger partial charge in [-0.15, -0.1) is 16.4 Å². The fourth-order valence-electron chi connectivity index (χ4n) is 2.82. The number of nitrogens with zero attached hydrogens (tertiary/aromatic N) is 3. The van der Waals surface area contributed by atoms with E-state index in [9.17, 15) is 10.2 Å². The molecule has 3 rings (SSSR count). The quantitative estimate of drug-likeness (QED) is 0.523. The van der Waals surface area contributed by atoms with E-state index in [0.29, 0.717) is 38.3 Å². The van der Waals surface area contributed by atoms with Crippen molar-refractivity contribution in [1.29, 1.82) is 0 Å². The summed E-state index contributed by atoms with van der Waals surface area (Å²) in [5.41, 5.74) is 0.838. The second-order valence-corrected chi connectivity index (χ2v) is 7.79. The molecule has 2 atom stereocenters. The number of aliphatic hydroxyl groups is 2. The number of hydrogen-bond donors (Lipinski definition) is 2. The van der Waals surface area contributed by atoms with Crippen LogP contribution in [0.5, 0.6) is 0 Å². The van der Waals surface area contributed by atoms with Crippen LogP contribution in [0.3, 0.4) is 0 Å². The Kier molecular flexibility index (Phi) is 6.73. The first-order valence-electron chi connectivity index (χ1n) is 8.98.